The van der Waals surface area contributed by atoms with E-state index in [-0.39, 0.29) is 28.4 Å². The SMILES string of the molecule is CN(C(=O)NC[C@H]1CCCCN1)[C@H]1CC[C@@]2(C)[C@H](CC[C@@H]3[C@@H]2CC[C@]2(C)[C@@H](c4ccc(=O)oc4)CC[C@]32O)C1. The number of nitrogens with zero attached hydrogens (tertiary/aromatic N) is 1. The number of nitrogens with one attached hydrogen (secondary N) is 2. The Morgan fingerprint density at radius 1 is 1.08 bits per heavy atom. The Morgan fingerprint density at radius 2 is 1.92 bits per heavy atom. The summed E-state index contributed by atoms with van der Waals surface area (Å²) in [7, 11) is 1.99. The first-order valence-corrected chi connectivity index (χ1v) is 15.7. The van der Waals surface area contributed by atoms with Gasteiger partial charge < -0.3 is 25.1 Å². The number of rotatable bonds is 4. The number of fused-ring (bicyclic) bond motifs is 5. The van der Waals surface area contributed by atoms with Crippen molar-refractivity contribution in [1.29, 1.82) is 0 Å². The lowest BCUT2D eigenvalue weighted by molar-refractivity contribution is -0.203. The molecule has 1 aromatic rings. The highest BCUT2D eigenvalue weighted by Crippen LogP contribution is 2.70. The summed E-state index contributed by atoms with van der Waals surface area (Å²) in [5.74, 6) is 1.67. The van der Waals surface area contributed by atoms with Gasteiger partial charge in [-0.3, -0.25) is 0 Å². The van der Waals surface area contributed by atoms with Crippen LogP contribution in [0.15, 0.2) is 27.6 Å². The Bertz CT molecular complexity index is 1100. The Kier molecular flexibility index (Phi) is 7.15. The minimum Gasteiger partial charge on any atom is -0.431 e. The third kappa shape index (κ3) is 4.46. The van der Waals surface area contributed by atoms with Crippen molar-refractivity contribution in [3.05, 3.63) is 34.4 Å². The van der Waals surface area contributed by atoms with Crippen LogP contribution in [-0.4, -0.2) is 53.9 Å². The largest absolute Gasteiger partial charge is 0.431 e. The Hall–Kier alpha value is -1.86. The van der Waals surface area contributed by atoms with Crippen LogP contribution in [0.25, 0.3) is 0 Å². The third-order valence-electron chi connectivity index (χ3n) is 12.7. The maximum Gasteiger partial charge on any atom is 0.335 e. The van der Waals surface area contributed by atoms with Crippen molar-refractivity contribution < 1.29 is 14.3 Å². The number of urea groups is 1. The van der Waals surface area contributed by atoms with E-state index in [9.17, 15) is 14.7 Å². The molecule has 216 valence electrons. The van der Waals surface area contributed by atoms with E-state index in [2.05, 4.69) is 24.5 Å². The fourth-order valence-corrected chi connectivity index (χ4v) is 10.3. The van der Waals surface area contributed by atoms with E-state index in [4.69, 9.17) is 4.42 Å². The molecule has 6 rings (SSSR count). The molecular weight excluding hydrogens is 490 g/mol. The maximum absolute atomic E-state index is 13.1. The van der Waals surface area contributed by atoms with Crippen molar-refractivity contribution in [3.63, 3.8) is 0 Å². The molecule has 39 heavy (non-hydrogen) atoms. The molecule has 0 aromatic carbocycles. The van der Waals surface area contributed by atoms with E-state index in [1.54, 1.807) is 6.26 Å². The van der Waals surface area contributed by atoms with Crippen molar-refractivity contribution in [2.75, 3.05) is 20.1 Å². The summed E-state index contributed by atoms with van der Waals surface area (Å²) >= 11 is 0. The average molecular weight is 540 g/mol. The van der Waals surface area contributed by atoms with Crippen LogP contribution in [0.2, 0.25) is 0 Å². The van der Waals surface area contributed by atoms with Crippen LogP contribution >= 0.6 is 0 Å². The maximum atomic E-state index is 13.1. The predicted molar refractivity (Wildman–Crippen MR) is 151 cm³/mol. The van der Waals surface area contributed by atoms with Crippen LogP contribution in [0.5, 0.6) is 0 Å². The topological polar surface area (TPSA) is 94.8 Å². The molecule has 0 spiro atoms. The number of amides is 2. The Balaban J connectivity index is 1.12. The van der Waals surface area contributed by atoms with Gasteiger partial charge in [0.1, 0.15) is 0 Å². The van der Waals surface area contributed by atoms with E-state index < -0.39 is 5.60 Å². The first-order valence-electron chi connectivity index (χ1n) is 15.7. The van der Waals surface area contributed by atoms with Gasteiger partial charge >= 0.3 is 11.7 Å². The summed E-state index contributed by atoms with van der Waals surface area (Å²) in [6.07, 6.45) is 14.7. The van der Waals surface area contributed by atoms with Gasteiger partial charge in [-0.05, 0) is 118 Å². The van der Waals surface area contributed by atoms with E-state index in [1.807, 2.05) is 18.0 Å². The number of hydrogen-bond acceptors (Lipinski definition) is 5. The molecule has 0 unspecified atom stereocenters. The molecule has 2 heterocycles. The van der Waals surface area contributed by atoms with Crippen molar-refractivity contribution in [3.8, 4) is 0 Å². The number of piperidine rings is 1. The molecule has 0 bridgehead atoms. The fourth-order valence-electron chi connectivity index (χ4n) is 10.3. The van der Waals surface area contributed by atoms with Gasteiger partial charge in [-0.15, -0.1) is 0 Å². The van der Waals surface area contributed by atoms with Gasteiger partial charge in [-0.25, -0.2) is 9.59 Å². The third-order valence-corrected chi connectivity index (χ3v) is 12.7. The molecule has 5 aliphatic rings. The zero-order valence-corrected chi connectivity index (χ0v) is 24.2. The van der Waals surface area contributed by atoms with Crippen LogP contribution in [0.1, 0.15) is 102 Å². The second kappa shape index (κ2) is 10.2. The van der Waals surface area contributed by atoms with Crippen LogP contribution in [0, 0.1) is 28.6 Å². The first kappa shape index (κ1) is 27.3. The van der Waals surface area contributed by atoms with Gasteiger partial charge in [0.25, 0.3) is 0 Å². The van der Waals surface area contributed by atoms with Crippen molar-refractivity contribution in [1.82, 2.24) is 15.5 Å². The summed E-state index contributed by atoms with van der Waals surface area (Å²) in [4.78, 5) is 26.6. The lowest BCUT2D eigenvalue weighted by Crippen LogP contribution is -2.62. The Morgan fingerprint density at radius 3 is 2.67 bits per heavy atom. The molecule has 0 radical (unpaired) electrons. The van der Waals surface area contributed by atoms with E-state index in [0.29, 0.717) is 36.4 Å². The highest BCUT2D eigenvalue weighted by Gasteiger charge is 2.67. The van der Waals surface area contributed by atoms with Crippen LogP contribution in [0.3, 0.4) is 0 Å². The molecule has 1 saturated heterocycles. The van der Waals surface area contributed by atoms with Crippen molar-refractivity contribution in [2.24, 2.45) is 28.6 Å². The molecule has 1 aromatic heterocycles. The molecule has 1 aliphatic heterocycles. The van der Waals surface area contributed by atoms with E-state index in [0.717, 1.165) is 76.3 Å². The molecule has 3 N–H and O–H groups in total. The quantitative estimate of drug-likeness (QED) is 0.499. The lowest BCUT2D eigenvalue weighted by Gasteiger charge is -2.64. The van der Waals surface area contributed by atoms with Gasteiger partial charge in [-0.1, -0.05) is 20.3 Å². The van der Waals surface area contributed by atoms with Gasteiger partial charge in [0.15, 0.2) is 0 Å². The highest BCUT2D eigenvalue weighted by atomic mass is 16.4. The summed E-state index contributed by atoms with van der Waals surface area (Å²) in [5.41, 5.74) is 0.0996. The van der Waals surface area contributed by atoms with Crippen LogP contribution in [0.4, 0.5) is 4.79 Å². The molecule has 7 heteroatoms. The second-order valence-corrected chi connectivity index (χ2v) is 14.2. The van der Waals surface area contributed by atoms with Crippen LogP contribution in [-0.2, 0) is 0 Å². The molecule has 4 aliphatic carbocycles. The van der Waals surface area contributed by atoms with Gasteiger partial charge in [0.2, 0.25) is 0 Å². The Labute approximate surface area is 233 Å². The molecule has 4 saturated carbocycles. The summed E-state index contributed by atoms with van der Waals surface area (Å²) in [6.45, 7) is 6.58. The number of aliphatic hydroxyl groups is 1. The normalized spacial score (nSPS) is 43.6. The lowest BCUT2D eigenvalue weighted by atomic mass is 9.43. The minimum atomic E-state index is -0.675. The van der Waals surface area contributed by atoms with Gasteiger partial charge in [-0.2, -0.15) is 0 Å². The average Bonchev–Trinajstić information content (AvgIpc) is 3.23. The van der Waals surface area contributed by atoms with E-state index in [1.165, 1.54) is 18.9 Å². The monoisotopic (exact) mass is 539 g/mol. The van der Waals surface area contributed by atoms with Crippen molar-refractivity contribution >= 4 is 6.03 Å². The second-order valence-electron chi connectivity index (χ2n) is 14.2. The molecule has 7 nitrogen and oxygen atoms in total. The minimum absolute atomic E-state index is 0.0705. The summed E-state index contributed by atoms with van der Waals surface area (Å²) in [5, 5.41) is 19.2. The van der Waals surface area contributed by atoms with E-state index >= 15 is 0 Å². The number of carbonyl (C=O) groups excluding carboxylic acids is 1. The molecule has 5 fully saturated rings. The van der Waals surface area contributed by atoms with Gasteiger partial charge in [0, 0.05) is 37.2 Å². The highest BCUT2D eigenvalue weighted by molar-refractivity contribution is 5.74. The smallest absolute Gasteiger partial charge is 0.335 e. The molecular formula is C32H49N3O4. The summed E-state index contributed by atoms with van der Waals surface area (Å²) < 4.78 is 5.24. The zero-order chi connectivity index (χ0) is 27.4. The molecule has 2 amide bonds. The van der Waals surface area contributed by atoms with Crippen LogP contribution < -0.4 is 16.3 Å². The number of hydrogen-bond donors (Lipinski definition) is 3. The summed E-state index contributed by atoms with van der Waals surface area (Å²) in [6, 6.07) is 4.20. The zero-order valence-electron chi connectivity index (χ0n) is 24.2. The predicted octanol–water partition coefficient (Wildman–Crippen LogP) is 5.03. The standard InChI is InChI=1S/C32H49N3O4/c1-30-14-11-24(35(3)29(37)34-19-23-6-4-5-17-33-23)18-22(30)8-9-27-26(30)12-15-31(2)25(13-16-32(27,31)38)21-7-10-28(36)39-20-21/h7,10,20,22-27,33,38H,4-6,8-9,11-19H2,1-3H3,(H,34,37)/t22-,23-,24+,25-,26+,27-,30+,31-,32+/m1/s1. The number of carbonyl (C=O) groups is 1. The van der Waals surface area contributed by atoms with Crippen molar-refractivity contribution in [2.45, 2.75) is 114 Å². The first-order chi connectivity index (χ1) is 18.7. The molecule has 9 atom stereocenters. The fraction of sp³-hybridized carbons (Fsp3) is 0.812. The van der Waals surface area contributed by atoms with Gasteiger partial charge in [0.05, 0.1) is 11.9 Å².